The van der Waals surface area contributed by atoms with Crippen molar-refractivity contribution in [3.8, 4) is 11.8 Å². The molecule has 0 amide bonds. The summed E-state index contributed by atoms with van der Waals surface area (Å²) in [5, 5.41) is 9.21. The third kappa shape index (κ3) is 4.08. The summed E-state index contributed by atoms with van der Waals surface area (Å²) in [6, 6.07) is 5.82. The topological polar surface area (TPSA) is 45.9 Å². The van der Waals surface area contributed by atoms with Gasteiger partial charge in [0.15, 0.2) is 10.9 Å². The van der Waals surface area contributed by atoms with Gasteiger partial charge in [-0.3, -0.25) is 0 Å². The summed E-state index contributed by atoms with van der Waals surface area (Å²) in [6.07, 6.45) is 3.25. The molecule has 1 rings (SSSR count). The van der Waals surface area contributed by atoms with Gasteiger partial charge in [0.1, 0.15) is 0 Å². The first kappa shape index (κ1) is 12.8. The molecule has 0 aromatic carbocycles. The second-order valence-electron chi connectivity index (χ2n) is 4.24. The van der Waals surface area contributed by atoms with Crippen molar-refractivity contribution >= 4 is 11.6 Å². The number of nitriles is 1. The first-order valence-electron chi connectivity index (χ1n) is 5.20. The number of pyridine rings is 1. The molecule has 0 aliphatic rings. The van der Waals surface area contributed by atoms with Gasteiger partial charge in [-0.05, 0) is 38.8 Å². The average Bonchev–Trinajstić information content (AvgIpc) is 2.27. The number of aromatic nitrogens is 1. The van der Waals surface area contributed by atoms with Crippen molar-refractivity contribution in [2.45, 2.75) is 26.7 Å². The first-order chi connectivity index (χ1) is 7.55. The van der Waals surface area contributed by atoms with Gasteiger partial charge >= 0.3 is 0 Å². The van der Waals surface area contributed by atoms with Crippen LogP contribution >= 0.6 is 11.6 Å². The van der Waals surface area contributed by atoms with Gasteiger partial charge in [0.25, 0.3) is 0 Å². The fraction of sp³-hybridized carbons (Fsp3) is 0.500. The van der Waals surface area contributed by atoms with E-state index in [0.29, 0.717) is 17.5 Å². The maximum atomic E-state index is 8.83. The maximum Gasteiger partial charge on any atom is 0.171 e. The van der Waals surface area contributed by atoms with Crippen LogP contribution in [0.5, 0.6) is 5.75 Å². The molecule has 0 aliphatic heterocycles. The Morgan fingerprint density at radius 1 is 1.56 bits per heavy atom. The molecule has 1 heterocycles. The molecule has 0 spiro atoms. The van der Waals surface area contributed by atoms with E-state index in [1.165, 1.54) is 0 Å². The fourth-order valence-electron chi connectivity index (χ4n) is 1.23. The summed E-state index contributed by atoms with van der Waals surface area (Å²) in [4.78, 5) is 3.91. The molecular formula is C12H15ClN2O. The third-order valence-corrected chi connectivity index (χ3v) is 2.52. The van der Waals surface area contributed by atoms with E-state index in [4.69, 9.17) is 21.6 Å². The number of nitrogens with zero attached hydrogens (tertiary/aromatic N) is 2. The predicted octanol–water partition coefficient (Wildman–Crippen LogP) is 3.44. The Morgan fingerprint density at radius 2 is 2.31 bits per heavy atom. The molecule has 0 atom stereocenters. The standard InChI is InChI=1S/C12H15ClN2O/c1-12(2,9-14)6-4-8-16-10-5-3-7-15-11(10)13/h3,5,7H,4,6,8H2,1-2H3. The van der Waals surface area contributed by atoms with E-state index in [1.807, 2.05) is 13.8 Å². The molecule has 16 heavy (non-hydrogen) atoms. The summed E-state index contributed by atoms with van der Waals surface area (Å²) >= 11 is 5.83. The van der Waals surface area contributed by atoms with Crippen molar-refractivity contribution in [3.05, 3.63) is 23.5 Å². The molecule has 0 saturated carbocycles. The number of hydrogen-bond acceptors (Lipinski definition) is 3. The Kier molecular flexibility index (Phi) is 4.57. The van der Waals surface area contributed by atoms with Crippen LogP contribution in [0.15, 0.2) is 18.3 Å². The third-order valence-electron chi connectivity index (χ3n) is 2.23. The summed E-state index contributed by atoms with van der Waals surface area (Å²) in [7, 11) is 0. The lowest BCUT2D eigenvalue weighted by Gasteiger charge is -2.14. The van der Waals surface area contributed by atoms with Crippen molar-refractivity contribution in [1.29, 1.82) is 5.26 Å². The van der Waals surface area contributed by atoms with Gasteiger partial charge in [0.2, 0.25) is 0 Å². The lowest BCUT2D eigenvalue weighted by Crippen LogP contribution is -2.10. The molecule has 0 aliphatic carbocycles. The summed E-state index contributed by atoms with van der Waals surface area (Å²) < 4.78 is 5.47. The highest BCUT2D eigenvalue weighted by molar-refractivity contribution is 6.30. The second-order valence-corrected chi connectivity index (χ2v) is 4.60. The molecule has 0 radical (unpaired) electrons. The van der Waals surface area contributed by atoms with E-state index in [9.17, 15) is 0 Å². The van der Waals surface area contributed by atoms with E-state index >= 15 is 0 Å². The van der Waals surface area contributed by atoms with Gasteiger partial charge in [-0.25, -0.2) is 4.98 Å². The molecule has 1 aromatic heterocycles. The lowest BCUT2D eigenvalue weighted by atomic mass is 9.90. The van der Waals surface area contributed by atoms with E-state index in [1.54, 1.807) is 18.3 Å². The molecular weight excluding hydrogens is 224 g/mol. The van der Waals surface area contributed by atoms with Crippen LogP contribution in [0, 0.1) is 16.7 Å². The quantitative estimate of drug-likeness (QED) is 0.583. The minimum absolute atomic E-state index is 0.290. The monoisotopic (exact) mass is 238 g/mol. The second kappa shape index (κ2) is 5.72. The van der Waals surface area contributed by atoms with Crippen LogP contribution in [0.25, 0.3) is 0 Å². The zero-order valence-corrected chi connectivity index (χ0v) is 10.3. The number of hydrogen-bond donors (Lipinski definition) is 0. The SMILES string of the molecule is CC(C)(C#N)CCCOc1cccnc1Cl. The van der Waals surface area contributed by atoms with E-state index in [0.717, 1.165) is 12.8 Å². The van der Waals surface area contributed by atoms with Crippen LogP contribution < -0.4 is 4.74 Å². The molecule has 0 fully saturated rings. The highest BCUT2D eigenvalue weighted by Gasteiger charge is 2.15. The molecule has 0 bridgehead atoms. The smallest absolute Gasteiger partial charge is 0.171 e. The van der Waals surface area contributed by atoms with Gasteiger partial charge in [0, 0.05) is 6.20 Å². The molecule has 4 heteroatoms. The Bertz CT molecular complexity index is 385. The average molecular weight is 239 g/mol. The van der Waals surface area contributed by atoms with E-state index < -0.39 is 0 Å². The van der Waals surface area contributed by atoms with Crippen molar-refractivity contribution in [3.63, 3.8) is 0 Å². The maximum absolute atomic E-state index is 8.83. The van der Waals surface area contributed by atoms with Crippen LogP contribution in [-0.4, -0.2) is 11.6 Å². The minimum atomic E-state index is -0.290. The van der Waals surface area contributed by atoms with Crippen LogP contribution in [-0.2, 0) is 0 Å². The summed E-state index contributed by atoms with van der Waals surface area (Å²) in [5.41, 5.74) is -0.290. The molecule has 86 valence electrons. The Hall–Kier alpha value is -1.27. The number of rotatable bonds is 5. The number of halogens is 1. The van der Waals surface area contributed by atoms with Gasteiger partial charge in [0.05, 0.1) is 18.1 Å². The Labute approximate surface area is 101 Å². The zero-order valence-electron chi connectivity index (χ0n) is 9.53. The molecule has 0 N–H and O–H groups in total. The number of ether oxygens (including phenoxy) is 1. The van der Waals surface area contributed by atoms with Crippen molar-refractivity contribution in [1.82, 2.24) is 4.98 Å². The van der Waals surface area contributed by atoms with Gasteiger partial charge in [-0.1, -0.05) is 11.6 Å². The highest BCUT2D eigenvalue weighted by Crippen LogP contribution is 2.23. The van der Waals surface area contributed by atoms with Gasteiger partial charge < -0.3 is 4.74 Å². The van der Waals surface area contributed by atoms with Gasteiger partial charge in [-0.15, -0.1) is 0 Å². The van der Waals surface area contributed by atoms with Crippen LogP contribution in [0.1, 0.15) is 26.7 Å². The molecule has 1 aromatic rings. The zero-order chi connectivity index (χ0) is 12.0. The normalized spacial score (nSPS) is 10.9. The summed E-state index contributed by atoms with van der Waals surface area (Å²) in [5.74, 6) is 0.596. The van der Waals surface area contributed by atoms with Crippen LogP contribution in [0.3, 0.4) is 0 Å². The Morgan fingerprint density at radius 3 is 2.94 bits per heavy atom. The highest BCUT2D eigenvalue weighted by atomic mass is 35.5. The summed E-state index contributed by atoms with van der Waals surface area (Å²) in [6.45, 7) is 4.39. The predicted molar refractivity (Wildman–Crippen MR) is 63.4 cm³/mol. The lowest BCUT2D eigenvalue weighted by molar-refractivity contribution is 0.283. The van der Waals surface area contributed by atoms with E-state index in [2.05, 4.69) is 11.1 Å². The molecule has 0 unspecified atom stereocenters. The van der Waals surface area contributed by atoms with E-state index in [-0.39, 0.29) is 5.41 Å². The Balaban J connectivity index is 2.33. The van der Waals surface area contributed by atoms with Crippen molar-refractivity contribution in [2.24, 2.45) is 5.41 Å². The molecule has 0 saturated heterocycles. The van der Waals surface area contributed by atoms with Crippen molar-refractivity contribution < 1.29 is 4.74 Å². The molecule has 3 nitrogen and oxygen atoms in total. The van der Waals surface area contributed by atoms with Crippen LogP contribution in [0.2, 0.25) is 5.15 Å². The minimum Gasteiger partial charge on any atom is -0.490 e. The van der Waals surface area contributed by atoms with Crippen molar-refractivity contribution in [2.75, 3.05) is 6.61 Å². The first-order valence-corrected chi connectivity index (χ1v) is 5.57. The largest absolute Gasteiger partial charge is 0.490 e. The van der Waals surface area contributed by atoms with Gasteiger partial charge in [-0.2, -0.15) is 5.26 Å². The van der Waals surface area contributed by atoms with Crippen LogP contribution in [0.4, 0.5) is 0 Å². The fourth-order valence-corrected chi connectivity index (χ4v) is 1.40.